The molecule has 2 heteroatoms. The Morgan fingerprint density at radius 1 is 1.29 bits per heavy atom. The van der Waals surface area contributed by atoms with Crippen LogP contribution in [0.3, 0.4) is 0 Å². The molecule has 2 heterocycles. The van der Waals surface area contributed by atoms with Crippen molar-refractivity contribution in [1.82, 2.24) is 0 Å². The van der Waals surface area contributed by atoms with Gasteiger partial charge in [0.15, 0.2) is 0 Å². The predicted molar refractivity (Wildman–Crippen MR) is 74.2 cm³/mol. The van der Waals surface area contributed by atoms with Gasteiger partial charge in [-0.05, 0) is 50.5 Å². The largest absolute Gasteiger partial charge is 0.501 e. The van der Waals surface area contributed by atoms with Crippen molar-refractivity contribution in [2.24, 2.45) is 5.41 Å². The summed E-state index contributed by atoms with van der Waals surface area (Å²) in [7, 11) is 0. The Morgan fingerprint density at radius 2 is 2.12 bits per heavy atom. The van der Waals surface area contributed by atoms with Gasteiger partial charge in [-0.15, -0.1) is 0 Å². The van der Waals surface area contributed by atoms with Crippen molar-refractivity contribution in [3.8, 4) is 0 Å². The number of thioether (sulfide) groups is 1. The second-order valence-corrected chi connectivity index (χ2v) is 7.84. The van der Waals surface area contributed by atoms with Crippen molar-refractivity contribution < 1.29 is 4.74 Å². The Kier molecular flexibility index (Phi) is 3.43. The molecule has 2 aliphatic heterocycles. The highest BCUT2D eigenvalue weighted by atomic mass is 32.2. The number of ether oxygens (including phenoxy) is 1. The Hall–Kier alpha value is -0.110. The summed E-state index contributed by atoms with van der Waals surface area (Å²) < 4.78 is 5.94. The third kappa shape index (κ3) is 2.52. The molecule has 0 amide bonds. The van der Waals surface area contributed by atoms with Gasteiger partial charge in [-0.1, -0.05) is 13.3 Å². The van der Waals surface area contributed by atoms with Gasteiger partial charge in [0, 0.05) is 15.9 Å². The van der Waals surface area contributed by atoms with Gasteiger partial charge in [0.25, 0.3) is 0 Å². The first kappa shape index (κ1) is 12.0. The molecular formula is C15H24OS. The number of fused-ring (bicyclic) bond motifs is 2. The van der Waals surface area contributed by atoms with E-state index >= 15 is 0 Å². The van der Waals surface area contributed by atoms with Gasteiger partial charge >= 0.3 is 0 Å². The van der Waals surface area contributed by atoms with Crippen LogP contribution in [0.1, 0.15) is 58.3 Å². The van der Waals surface area contributed by atoms with Crippen molar-refractivity contribution in [2.75, 3.05) is 6.61 Å². The van der Waals surface area contributed by atoms with Crippen LogP contribution in [0.5, 0.6) is 0 Å². The molecule has 2 saturated heterocycles. The molecule has 1 saturated carbocycles. The zero-order valence-corrected chi connectivity index (χ0v) is 11.7. The Labute approximate surface area is 109 Å². The standard InChI is InChI=1S/C15H24OS/c1-15(9-13-7-8-14(15)17-13)11-16-10-12-5-3-2-4-6-12/h10,13-14H,2-9,11H2,1H3. The third-order valence-corrected chi connectivity index (χ3v) is 6.66. The lowest BCUT2D eigenvalue weighted by molar-refractivity contribution is 0.103. The van der Waals surface area contributed by atoms with Crippen LogP contribution in [0, 0.1) is 5.41 Å². The van der Waals surface area contributed by atoms with E-state index < -0.39 is 0 Å². The van der Waals surface area contributed by atoms with E-state index in [-0.39, 0.29) is 0 Å². The monoisotopic (exact) mass is 252 g/mol. The smallest absolute Gasteiger partial charge is 0.0937 e. The molecule has 3 fully saturated rings. The molecule has 0 N–H and O–H groups in total. The maximum absolute atomic E-state index is 5.94. The fraction of sp³-hybridized carbons (Fsp3) is 0.867. The lowest BCUT2D eigenvalue weighted by Crippen LogP contribution is -2.32. The molecule has 17 heavy (non-hydrogen) atoms. The van der Waals surface area contributed by atoms with Crippen LogP contribution in [-0.4, -0.2) is 17.1 Å². The van der Waals surface area contributed by atoms with Gasteiger partial charge in [-0.25, -0.2) is 0 Å². The van der Waals surface area contributed by atoms with E-state index in [0.717, 1.165) is 17.1 Å². The summed E-state index contributed by atoms with van der Waals surface area (Å²) in [5.41, 5.74) is 2.01. The van der Waals surface area contributed by atoms with Crippen LogP contribution in [-0.2, 0) is 4.74 Å². The van der Waals surface area contributed by atoms with E-state index in [2.05, 4.69) is 24.9 Å². The maximum atomic E-state index is 5.94. The maximum Gasteiger partial charge on any atom is 0.0937 e. The molecule has 3 unspecified atom stereocenters. The first-order valence-corrected chi connectivity index (χ1v) is 8.15. The average molecular weight is 252 g/mol. The minimum Gasteiger partial charge on any atom is -0.501 e. The van der Waals surface area contributed by atoms with E-state index in [4.69, 9.17) is 4.74 Å². The number of rotatable bonds is 3. The predicted octanol–water partition coefficient (Wildman–Crippen LogP) is 4.53. The number of allylic oxidation sites excluding steroid dienone is 1. The minimum absolute atomic E-state index is 0.458. The molecule has 1 aliphatic carbocycles. The minimum atomic E-state index is 0.458. The van der Waals surface area contributed by atoms with Crippen molar-refractivity contribution in [3.05, 3.63) is 11.8 Å². The van der Waals surface area contributed by atoms with E-state index in [9.17, 15) is 0 Å². The molecule has 2 bridgehead atoms. The second-order valence-electron chi connectivity index (χ2n) is 6.33. The molecule has 0 radical (unpaired) electrons. The Morgan fingerprint density at radius 3 is 2.76 bits per heavy atom. The molecule has 1 nitrogen and oxygen atoms in total. The first-order chi connectivity index (χ1) is 8.26. The molecule has 0 aromatic rings. The van der Waals surface area contributed by atoms with Crippen LogP contribution >= 0.6 is 11.8 Å². The molecule has 3 rings (SSSR count). The van der Waals surface area contributed by atoms with E-state index in [1.165, 1.54) is 51.4 Å². The highest BCUT2D eigenvalue weighted by Crippen LogP contribution is 2.56. The van der Waals surface area contributed by atoms with Crippen molar-refractivity contribution in [2.45, 2.75) is 68.8 Å². The second kappa shape index (κ2) is 4.87. The first-order valence-electron chi connectivity index (χ1n) is 7.21. The summed E-state index contributed by atoms with van der Waals surface area (Å²) in [5.74, 6) is 0. The molecule has 3 atom stereocenters. The third-order valence-electron chi connectivity index (χ3n) is 4.74. The van der Waals surface area contributed by atoms with Gasteiger partial charge in [0.2, 0.25) is 0 Å². The fourth-order valence-corrected chi connectivity index (χ4v) is 5.62. The van der Waals surface area contributed by atoms with Gasteiger partial charge in [0.05, 0.1) is 12.9 Å². The number of hydrogen-bond acceptors (Lipinski definition) is 2. The summed E-state index contributed by atoms with van der Waals surface area (Å²) >= 11 is 2.22. The fourth-order valence-electron chi connectivity index (χ4n) is 3.65. The summed E-state index contributed by atoms with van der Waals surface area (Å²) in [5, 5.41) is 1.81. The van der Waals surface area contributed by atoms with Crippen molar-refractivity contribution >= 4 is 11.8 Å². The summed E-state index contributed by atoms with van der Waals surface area (Å²) in [6.07, 6.45) is 13.1. The molecule has 3 aliphatic rings. The average Bonchev–Trinajstić information content (AvgIpc) is 2.90. The molecular weight excluding hydrogens is 228 g/mol. The molecule has 0 spiro atoms. The van der Waals surface area contributed by atoms with Gasteiger partial charge in [-0.3, -0.25) is 0 Å². The van der Waals surface area contributed by atoms with Gasteiger partial charge in [0.1, 0.15) is 0 Å². The lowest BCUT2D eigenvalue weighted by Gasteiger charge is -2.32. The lowest BCUT2D eigenvalue weighted by atomic mass is 9.76. The SMILES string of the molecule is CC1(COC=C2CCCCC2)CC2CCC1S2. The topological polar surface area (TPSA) is 9.23 Å². The van der Waals surface area contributed by atoms with Crippen LogP contribution < -0.4 is 0 Å². The van der Waals surface area contributed by atoms with Crippen LogP contribution in [0.25, 0.3) is 0 Å². The summed E-state index contributed by atoms with van der Waals surface area (Å²) in [6.45, 7) is 3.38. The van der Waals surface area contributed by atoms with Crippen molar-refractivity contribution in [1.29, 1.82) is 0 Å². The Balaban J connectivity index is 1.50. The van der Waals surface area contributed by atoms with Crippen LogP contribution in [0.4, 0.5) is 0 Å². The van der Waals surface area contributed by atoms with Crippen LogP contribution in [0.15, 0.2) is 11.8 Å². The highest BCUT2D eigenvalue weighted by Gasteiger charge is 2.49. The van der Waals surface area contributed by atoms with Gasteiger partial charge < -0.3 is 4.74 Å². The summed E-state index contributed by atoms with van der Waals surface area (Å²) in [6, 6.07) is 0. The van der Waals surface area contributed by atoms with E-state index in [1.807, 2.05) is 0 Å². The highest BCUT2D eigenvalue weighted by molar-refractivity contribution is 8.01. The van der Waals surface area contributed by atoms with Crippen LogP contribution in [0.2, 0.25) is 0 Å². The molecule has 0 aromatic carbocycles. The molecule has 96 valence electrons. The normalized spacial score (nSPS) is 40.6. The van der Waals surface area contributed by atoms with Crippen molar-refractivity contribution in [3.63, 3.8) is 0 Å². The zero-order chi connectivity index (χ0) is 11.7. The summed E-state index contributed by atoms with van der Waals surface area (Å²) in [4.78, 5) is 0. The number of hydrogen-bond donors (Lipinski definition) is 0. The Bertz CT molecular complexity index is 304. The molecule has 0 aromatic heterocycles. The quantitative estimate of drug-likeness (QED) is 0.683. The zero-order valence-electron chi connectivity index (χ0n) is 10.9. The van der Waals surface area contributed by atoms with Gasteiger partial charge in [-0.2, -0.15) is 11.8 Å². The van der Waals surface area contributed by atoms with E-state index in [0.29, 0.717) is 5.41 Å². The van der Waals surface area contributed by atoms with E-state index in [1.54, 1.807) is 5.57 Å².